The molecular formula is C29H36N6O10S. The maximum Gasteiger partial charge on any atom is 0.341 e. The van der Waals surface area contributed by atoms with Crippen LogP contribution in [0.5, 0.6) is 5.75 Å². The molecule has 0 spiro atoms. The summed E-state index contributed by atoms with van der Waals surface area (Å²) in [5.41, 5.74) is -1.40. The van der Waals surface area contributed by atoms with Crippen molar-refractivity contribution in [3.63, 3.8) is 0 Å². The lowest BCUT2D eigenvalue weighted by Crippen LogP contribution is -2.72. The van der Waals surface area contributed by atoms with Gasteiger partial charge in [0.2, 0.25) is 27.4 Å². The van der Waals surface area contributed by atoms with Crippen molar-refractivity contribution < 1.29 is 47.0 Å². The van der Waals surface area contributed by atoms with Gasteiger partial charge in [-0.05, 0) is 43.3 Å². The largest absolute Gasteiger partial charge is 0.497 e. The number of nitrogens with zero attached hydrogens (tertiary/aromatic N) is 5. The first kappa shape index (κ1) is 34.1. The second-order valence-corrected chi connectivity index (χ2v) is 12.5. The first-order valence-electron chi connectivity index (χ1n) is 14.3. The Morgan fingerprint density at radius 3 is 2.17 bits per heavy atom. The predicted octanol–water partition coefficient (Wildman–Crippen LogP) is -0.837. The van der Waals surface area contributed by atoms with Gasteiger partial charge in [-0.3, -0.25) is 24.2 Å². The number of rotatable bonds is 11. The Labute approximate surface area is 265 Å². The third kappa shape index (κ3) is 7.20. The molecular weight excluding hydrogens is 624 g/mol. The van der Waals surface area contributed by atoms with E-state index in [9.17, 15) is 37.5 Å². The van der Waals surface area contributed by atoms with Gasteiger partial charge in [-0.25, -0.2) is 13.2 Å². The Kier molecular flexibility index (Phi) is 10.5. The number of carboxylic acids is 1. The van der Waals surface area contributed by atoms with Gasteiger partial charge >= 0.3 is 11.9 Å². The number of benzene rings is 1. The lowest BCUT2D eigenvalue weighted by atomic mass is 9.93. The van der Waals surface area contributed by atoms with E-state index in [4.69, 9.17) is 9.47 Å². The maximum atomic E-state index is 14.2. The number of ether oxygens (including phenoxy) is 2. The number of carboxylic acid groups (broad SMARTS) is 1. The number of hydrogen-bond acceptors (Lipinski definition) is 11. The van der Waals surface area contributed by atoms with Crippen molar-refractivity contribution >= 4 is 45.4 Å². The van der Waals surface area contributed by atoms with Crippen LogP contribution in [0.2, 0.25) is 0 Å². The van der Waals surface area contributed by atoms with Gasteiger partial charge < -0.3 is 34.2 Å². The Morgan fingerprint density at radius 1 is 0.978 bits per heavy atom. The van der Waals surface area contributed by atoms with Crippen molar-refractivity contribution in [2.45, 2.75) is 29.8 Å². The first-order chi connectivity index (χ1) is 21.8. The van der Waals surface area contributed by atoms with Crippen LogP contribution < -0.4 is 14.4 Å². The van der Waals surface area contributed by atoms with Crippen LogP contribution in [0.4, 0.5) is 5.69 Å². The Hall–Kier alpha value is -4.77. The molecule has 2 fully saturated rings. The molecule has 1 aromatic carbocycles. The fraction of sp³-hybridized carbons (Fsp3) is 0.448. The quantitative estimate of drug-likeness (QED) is 0.224. The highest BCUT2D eigenvalue weighted by Crippen LogP contribution is 2.27. The summed E-state index contributed by atoms with van der Waals surface area (Å²) in [6.07, 6.45) is 2.70. The number of hydrogen-bond donors (Lipinski definition) is 2. The molecule has 16 nitrogen and oxygen atoms in total. The molecule has 2 aliphatic rings. The molecule has 2 atom stereocenters. The van der Waals surface area contributed by atoms with Crippen LogP contribution in [0.3, 0.4) is 0 Å². The van der Waals surface area contributed by atoms with E-state index in [1.807, 2.05) is 12.1 Å². The molecule has 0 bridgehead atoms. The van der Waals surface area contributed by atoms with Crippen molar-refractivity contribution in [3.8, 4) is 5.75 Å². The summed E-state index contributed by atoms with van der Waals surface area (Å²) >= 11 is 0. The van der Waals surface area contributed by atoms with E-state index in [0.29, 0.717) is 31.9 Å². The molecule has 2 saturated heterocycles. The molecule has 2 aliphatic heterocycles. The Balaban J connectivity index is 1.62. The third-order valence-corrected chi connectivity index (χ3v) is 9.50. The lowest BCUT2D eigenvalue weighted by molar-refractivity contribution is -0.177. The molecule has 0 unspecified atom stereocenters. The average molecular weight is 661 g/mol. The van der Waals surface area contributed by atoms with E-state index in [1.165, 1.54) is 36.3 Å². The van der Waals surface area contributed by atoms with Gasteiger partial charge in [-0.2, -0.15) is 4.72 Å². The summed E-state index contributed by atoms with van der Waals surface area (Å²) in [5.74, 6) is -4.68. The minimum atomic E-state index is -4.42. The fourth-order valence-electron chi connectivity index (χ4n) is 5.46. The summed E-state index contributed by atoms with van der Waals surface area (Å²) in [5, 5.41) is 9.26. The van der Waals surface area contributed by atoms with E-state index < -0.39 is 64.2 Å². The van der Waals surface area contributed by atoms with E-state index in [-0.39, 0.29) is 18.0 Å². The molecule has 0 aliphatic carbocycles. The standard InChI is InChI=1S/C29H36N6O10S/c1-29(28(41)45-3)27(40)34(19-25(37)38)16-17-35(29)26(39)23(31-46(42,43)22-6-4-21(44-2)5-7-22)18-24(36)33-14-12-32(13-15-33)20-8-10-30-11-9-20/h4-11,23,31H,12-19H2,1-3H3,(H,37,38)/t23-,29-/m0/s1. The highest BCUT2D eigenvalue weighted by atomic mass is 32.2. The zero-order chi connectivity index (χ0) is 33.6. The van der Waals surface area contributed by atoms with E-state index in [2.05, 4.69) is 14.6 Å². The van der Waals surface area contributed by atoms with Crippen molar-refractivity contribution in [2.24, 2.45) is 0 Å². The van der Waals surface area contributed by atoms with Gasteiger partial charge in [0.25, 0.3) is 5.91 Å². The minimum absolute atomic E-state index is 0.220. The van der Waals surface area contributed by atoms with Crippen molar-refractivity contribution in [1.29, 1.82) is 0 Å². The zero-order valence-corrected chi connectivity index (χ0v) is 26.4. The molecule has 248 valence electrons. The topological polar surface area (TPSA) is 196 Å². The predicted molar refractivity (Wildman–Crippen MR) is 161 cm³/mol. The molecule has 3 amide bonds. The normalized spacial score (nSPS) is 19.4. The van der Waals surface area contributed by atoms with Crippen molar-refractivity contribution in [1.82, 2.24) is 24.4 Å². The molecule has 1 aromatic heterocycles. The monoisotopic (exact) mass is 660 g/mol. The second kappa shape index (κ2) is 14.1. The lowest BCUT2D eigenvalue weighted by Gasteiger charge is -2.46. The number of amides is 3. The van der Waals surface area contributed by atoms with Gasteiger partial charge in [-0.1, -0.05) is 0 Å². The SMILES string of the molecule is COC(=O)[C@]1(C)C(=O)N(CC(=O)O)CCN1C(=O)[C@H](CC(=O)N1CCN(c2ccncc2)CC1)NS(=O)(=O)c1ccc(OC)cc1. The van der Waals surface area contributed by atoms with Crippen LogP contribution in [-0.2, 0) is 38.7 Å². The summed E-state index contributed by atoms with van der Waals surface area (Å²) in [4.78, 5) is 74.7. The van der Waals surface area contributed by atoms with Crippen molar-refractivity contribution in [2.75, 3.05) is 64.9 Å². The first-order valence-corrected chi connectivity index (χ1v) is 15.8. The fourth-order valence-corrected chi connectivity index (χ4v) is 6.65. The van der Waals surface area contributed by atoms with Crippen molar-refractivity contribution in [3.05, 3.63) is 48.8 Å². The number of piperazine rings is 2. The average Bonchev–Trinajstić information content (AvgIpc) is 3.06. The molecule has 17 heteroatoms. The molecule has 46 heavy (non-hydrogen) atoms. The number of nitrogens with one attached hydrogen (secondary N) is 1. The number of pyridine rings is 1. The van der Waals surface area contributed by atoms with E-state index >= 15 is 0 Å². The van der Waals surface area contributed by atoms with Crippen LogP contribution in [0.15, 0.2) is 53.7 Å². The Bertz CT molecular complexity index is 1560. The second-order valence-electron chi connectivity index (χ2n) is 10.8. The van der Waals surface area contributed by atoms with Crippen LogP contribution in [-0.4, -0.2) is 134 Å². The molecule has 0 saturated carbocycles. The van der Waals surface area contributed by atoms with Gasteiger partial charge in [0.15, 0.2) is 0 Å². The summed E-state index contributed by atoms with van der Waals surface area (Å²) in [7, 11) is -2.01. The van der Waals surface area contributed by atoms with E-state index in [1.54, 1.807) is 12.4 Å². The van der Waals surface area contributed by atoms with Crippen LogP contribution in [0.25, 0.3) is 0 Å². The maximum absolute atomic E-state index is 14.2. The van der Waals surface area contributed by atoms with Crippen LogP contribution in [0.1, 0.15) is 13.3 Å². The van der Waals surface area contributed by atoms with Gasteiger partial charge in [-0.15, -0.1) is 0 Å². The zero-order valence-electron chi connectivity index (χ0n) is 25.6. The highest BCUT2D eigenvalue weighted by Gasteiger charge is 2.56. The summed E-state index contributed by atoms with van der Waals surface area (Å²) in [6.45, 7) is 1.32. The molecule has 0 radical (unpaired) electrons. The number of sulfonamides is 1. The van der Waals surface area contributed by atoms with E-state index in [0.717, 1.165) is 29.5 Å². The van der Waals surface area contributed by atoms with Gasteiger partial charge in [0, 0.05) is 57.3 Å². The van der Waals surface area contributed by atoms with Crippen LogP contribution in [0, 0.1) is 0 Å². The number of anilines is 1. The molecule has 2 N–H and O–H groups in total. The van der Waals surface area contributed by atoms with Gasteiger partial charge in [0.1, 0.15) is 18.3 Å². The Morgan fingerprint density at radius 2 is 1.61 bits per heavy atom. The molecule has 3 heterocycles. The summed E-state index contributed by atoms with van der Waals surface area (Å²) < 4.78 is 39.2. The number of carbonyl (C=O) groups is 5. The van der Waals surface area contributed by atoms with Gasteiger partial charge in [0.05, 0.1) is 25.5 Å². The molecule has 2 aromatic rings. The number of esters is 1. The van der Waals surface area contributed by atoms with Crippen LogP contribution >= 0.6 is 0 Å². The third-order valence-electron chi connectivity index (χ3n) is 8.02. The minimum Gasteiger partial charge on any atom is -0.497 e. The summed E-state index contributed by atoms with van der Waals surface area (Å²) in [6, 6.07) is 7.29. The number of aliphatic carboxylic acids is 1. The smallest absolute Gasteiger partial charge is 0.341 e. The molecule has 4 rings (SSSR count). The number of carbonyl (C=O) groups excluding carboxylic acids is 4. The number of aromatic nitrogens is 1. The highest BCUT2D eigenvalue weighted by molar-refractivity contribution is 7.89. The number of methoxy groups -OCH3 is 2.